The van der Waals surface area contributed by atoms with Gasteiger partial charge in [0.2, 0.25) is 5.78 Å². The van der Waals surface area contributed by atoms with Gasteiger partial charge in [0.05, 0.1) is 11.3 Å². The maximum absolute atomic E-state index is 12.4. The Balaban J connectivity index is 1.88. The SMILES string of the molecule is CCc1c(C(=O)OCC(=O)c2c(N)n(C)c(=O)n(C)c2=O)cnc2ncnn12. The molecule has 12 heteroatoms. The highest BCUT2D eigenvalue weighted by molar-refractivity contribution is 6.02. The number of aromatic nitrogens is 6. The van der Waals surface area contributed by atoms with E-state index in [0.29, 0.717) is 17.9 Å². The maximum atomic E-state index is 12.4. The number of carbonyl (C=O) groups is 2. The molecule has 0 aliphatic carbocycles. The predicted octanol–water partition coefficient (Wildman–Crippen LogP) is -1.29. The zero-order chi connectivity index (χ0) is 20.6. The van der Waals surface area contributed by atoms with Crippen LogP contribution in [0.5, 0.6) is 0 Å². The fourth-order valence-electron chi connectivity index (χ4n) is 2.74. The Hall–Kier alpha value is -3.83. The number of ketones is 1. The number of carbonyl (C=O) groups excluding carboxylic acids is 2. The molecule has 0 unspecified atom stereocenters. The van der Waals surface area contributed by atoms with Crippen LogP contribution >= 0.6 is 0 Å². The Morgan fingerprint density at radius 1 is 1.18 bits per heavy atom. The normalized spacial score (nSPS) is 11.0. The van der Waals surface area contributed by atoms with E-state index in [1.165, 1.54) is 31.1 Å². The quantitative estimate of drug-likeness (QED) is 0.415. The van der Waals surface area contributed by atoms with Crippen molar-refractivity contribution in [3.63, 3.8) is 0 Å². The van der Waals surface area contributed by atoms with Crippen molar-refractivity contribution in [1.82, 2.24) is 28.7 Å². The Kier molecular flexibility index (Phi) is 4.78. The van der Waals surface area contributed by atoms with Crippen molar-refractivity contribution in [3.05, 3.63) is 50.2 Å². The molecule has 12 nitrogen and oxygen atoms in total. The molecule has 3 aromatic heterocycles. The standard InChI is InChI=1S/C16H17N7O5/c1-4-9-8(5-18-15-19-7-20-23(9)15)14(26)28-6-10(24)11-12(17)21(2)16(27)22(3)13(11)25/h5,7H,4,6,17H2,1-3H3. The molecule has 3 aromatic rings. The van der Waals surface area contributed by atoms with Crippen molar-refractivity contribution in [1.29, 1.82) is 0 Å². The number of aryl methyl sites for hydroxylation is 1. The minimum atomic E-state index is -0.860. The average Bonchev–Trinajstić information content (AvgIpc) is 3.17. The van der Waals surface area contributed by atoms with E-state index < -0.39 is 35.2 Å². The van der Waals surface area contributed by atoms with Gasteiger partial charge < -0.3 is 10.5 Å². The minimum Gasteiger partial charge on any atom is -0.454 e. The second kappa shape index (κ2) is 7.06. The van der Waals surface area contributed by atoms with E-state index in [0.717, 1.165) is 9.13 Å². The second-order valence-corrected chi connectivity index (χ2v) is 5.91. The molecule has 28 heavy (non-hydrogen) atoms. The van der Waals surface area contributed by atoms with E-state index in [9.17, 15) is 19.2 Å². The average molecular weight is 387 g/mol. The van der Waals surface area contributed by atoms with Crippen molar-refractivity contribution >= 4 is 23.3 Å². The summed E-state index contributed by atoms with van der Waals surface area (Å²) >= 11 is 0. The summed E-state index contributed by atoms with van der Waals surface area (Å²) in [6.45, 7) is 1.09. The van der Waals surface area contributed by atoms with Crippen molar-refractivity contribution < 1.29 is 14.3 Å². The lowest BCUT2D eigenvalue weighted by Gasteiger charge is -2.11. The number of Topliss-reactive ketones (excluding diaryl/α,β-unsaturated/α-hetero) is 1. The second-order valence-electron chi connectivity index (χ2n) is 5.91. The molecule has 0 radical (unpaired) electrons. The number of ether oxygens (including phenoxy) is 1. The first-order valence-corrected chi connectivity index (χ1v) is 8.21. The first-order valence-electron chi connectivity index (χ1n) is 8.21. The van der Waals surface area contributed by atoms with Crippen LogP contribution in [0, 0.1) is 0 Å². The van der Waals surface area contributed by atoms with Crippen molar-refractivity contribution in [2.24, 2.45) is 14.1 Å². The minimum absolute atomic E-state index is 0.120. The zero-order valence-electron chi connectivity index (χ0n) is 15.4. The number of nitrogens with zero attached hydrogens (tertiary/aromatic N) is 6. The summed E-state index contributed by atoms with van der Waals surface area (Å²) in [5, 5.41) is 4.00. The van der Waals surface area contributed by atoms with Gasteiger partial charge in [0.15, 0.2) is 6.61 Å². The van der Waals surface area contributed by atoms with Gasteiger partial charge in [0.1, 0.15) is 17.7 Å². The van der Waals surface area contributed by atoms with Crippen LogP contribution in [0.1, 0.15) is 33.3 Å². The molecule has 0 saturated carbocycles. The number of fused-ring (bicyclic) bond motifs is 1. The molecule has 0 bridgehead atoms. The van der Waals surface area contributed by atoms with Gasteiger partial charge in [-0.2, -0.15) is 10.1 Å². The lowest BCUT2D eigenvalue weighted by atomic mass is 10.2. The topological polar surface area (TPSA) is 156 Å². The fraction of sp³-hybridized carbons (Fsp3) is 0.312. The van der Waals surface area contributed by atoms with Gasteiger partial charge >= 0.3 is 11.7 Å². The molecule has 146 valence electrons. The number of hydrogen-bond acceptors (Lipinski definition) is 9. The Labute approximate surface area is 157 Å². The largest absolute Gasteiger partial charge is 0.454 e. The molecular weight excluding hydrogens is 370 g/mol. The van der Waals surface area contributed by atoms with E-state index >= 15 is 0 Å². The predicted molar refractivity (Wildman–Crippen MR) is 96.1 cm³/mol. The van der Waals surface area contributed by atoms with Crippen LogP contribution in [0.4, 0.5) is 5.82 Å². The van der Waals surface area contributed by atoms with Gasteiger partial charge in [0, 0.05) is 20.3 Å². The van der Waals surface area contributed by atoms with E-state index in [1.54, 1.807) is 0 Å². The maximum Gasteiger partial charge on any atom is 0.342 e. The van der Waals surface area contributed by atoms with Gasteiger partial charge in [-0.05, 0) is 6.42 Å². The summed E-state index contributed by atoms with van der Waals surface area (Å²) in [5.74, 6) is -1.61. The van der Waals surface area contributed by atoms with E-state index in [4.69, 9.17) is 10.5 Å². The van der Waals surface area contributed by atoms with E-state index in [1.807, 2.05) is 6.92 Å². The summed E-state index contributed by atoms with van der Waals surface area (Å²) in [6, 6.07) is 0. The third kappa shape index (κ3) is 2.94. The van der Waals surface area contributed by atoms with Gasteiger partial charge in [0.25, 0.3) is 11.3 Å². The molecule has 2 N–H and O–H groups in total. The summed E-state index contributed by atoms with van der Waals surface area (Å²) in [6.07, 6.45) is 3.03. The fourth-order valence-corrected chi connectivity index (χ4v) is 2.74. The number of anilines is 1. The van der Waals surface area contributed by atoms with Crippen LogP contribution in [0.2, 0.25) is 0 Å². The number of rotatable bonds is 5. The van der Waals surface area contributed by atoms with Crippen molar-refractivity contribution in [3.8, 4) is 0 Å². The Morgan fingerprint density at radius 2 is 1.89 bits per heavy atom. The first kappa shape index (κ1) is 18.9. The molecule has 3 rings (SSSR count). The highest BCUT2D eigenvalue weighted by atomic mass is 16.5. The van der Waals surface area contributed by atoms with E-state index in [-0.39, 0.29) is 11.4 Å². The van der Waals surface area contributed by atoms with Crippen LogP contribution < -0.4 is 17.0 Å². The highest BCUT2D eigenvalue weighted by Crippen LogP contribution is 2.12. The number of nitrogen functional groups attached to an aromatic ring is 1. The van der Waals surface area contributed by atoms with Gasteiger partial charge in [-0.3, -0.25) is 18.7 Å². The summed E-state index contributed by atoms with van der Waals surface area (Å²) in [5.41, 5.74) is 4.41. The highest BCUT2D eigenvalue weighted by Gasteiger charge is 2.23. The van der Waals surface area contributed by atoms with Crippen LogP contribution in [0.3, 0.4) is 0 Å². The first-order chi connectivity index (χ1) is 13.3. The van der Waals surface area contributed by atoms with Gasteiger partial charge in [-0.1, -0.05) is 6.92 Å². The Morgan fingerprint density at radius 3 is 2.57 bits per heavy atom. The zero-order valence-corrected chi connectivity index (χ0v) is 15.4. The van der Waals surface area contributed by atoms with Crippen LogP contribution in [0.15, 0.2) is 22.1 Å². The molecule has 3 heterocycles. The molecule has 0 aliphatic rings. The molecule has 0 fully saturated rings. The molecule has 0 aromatic carbocycles. The number of hydrogen-bond donors (Lipinski definition) is 1. The molecule has 0 atom stereocenters. The molecule has 0 amide bonds. The number of esters is 1. The smallest absolute Gasteiger partial charge is 0.342 e. The van der Waals surface area contributed by atoms with Crippen molar-refractivity contribution in [2.45, 2.75) is 13.3 Å². The molecular formula is C16H17N7O5. The lowest BCUT2D eigenvalue weighted by molar-refractivity contribution is 0.0472. The van der Waals surface area contributed by atoms with Crippen LogP contribution in [-0.4, -0.2) is 47.1 Å². The van der Waals surface area contributed by atoms with Crippen LogP contribution in [0.25, 0.3) is 5.78 Å². The lowest BCUT2D eigenvalue weighted by Crippen LogP contribution is -2.42. The monoisotopic (exact) mass is 387 g/mol. The molecule has 0 aliphatic heterocycles. The van der Waals surface area contributed by atoms with Gasteiger partial charge in [-0.25, -0.2) is 19.1 Å². The number of nitrogens with two attached hydrogens (primary N) is 1. The Bertz CT molecular complexity index is 1220. The van der Waals surface area contributed by atoms with E-state index in [2.05, 4.69) is 15.1 Å². The summed E-state index contributed by atoms with van der Waals surface area (Å²) in [7, 11) is 2.55. The third-order valence-corrected chi connectivity index (χ3v) is 4.28. The van der Waals surface area contributed by atoms with Gasteiger partial charge in [-0.15, -0.1) is 0 Å². The summed E-state index contributed by atoms with van der Waals surface area (Å²) in [4.78, 5) is 56.9. The summed E-state index contributed by atoms with van der Waals surface area (Å²) < 4.78 is 8.17. The molecule has 0 spiro atoms. The molecule has 0 saturated heterocycles. The van der Waals surface area contributed by atoms with Crippen LogP contribution in [-0.2, 0) is 25.3 Å². The van der Waals surface area contributed by atoms with Crippen molar-refractivity contribution in [2.75, 3.05) is 12.3 Å². The third-order valence-electron chi connectivity index (χ3n) is 4.28.